The number of methoxy groups -OCH3 is 1. The fraction of sp³-hybridized carbons (Fsp3) is 0.429. The minimum absolute atomic E-state index is 0.169. The zero-order chi connectivity index (χ0) is 15.1. The molecule has 1 aromatic rings. The van der Waals surface area contributed by atoms with Gasteiger partial charge in [-0.25, -0.2) is 4.79 Å². The molecule has 0 saturated heterocycles. The van der Waals surface area contributed by atoms with Gasteiger partial charge in [-0.15, -0.1) is 0 Å². The lowest BCUT2D eigenvalue weighted by Crippen LogP contribution is -2.18. The summed E-state index contributed by atoms with van der Waals surface area (Å²) in [7, 11) is 1.28. The van der Waals surface area contributed by atoms with Gasteiger partial charge in [-0.3, -0.25) is 4.79 Å². The highest BCUT2D eigenvalue weighted by molar-refractivity contribution is 6.31. The molecule has 110 valence electrons. The molecule has 0 aliphatic rings. The van der Waals surface area contributed by atoms with E-state index in [4.69, 9.17) is 17.3 Å². The molecule has 0 saturated carbocycles. The third kappa shape index (κ3) is 4.83. The van der Waals surface area contributed by atoms with Crippen LogP contribution in [0, 0.1) is 5.92 Å². The van der Waals surface area contributed by atoms with Gasteiger partial charge in [-0.1, -0.05) is 18.5 Å². The third-order valence-corrected chi connectivity index (χ3v) is 3.16. The lowest BCUT2D eigenvalue weighted by atomic mass is 10.1. The number of carbonyl (C=O) groups excluding carboxylic acids is 2. The molecule has 0 bridgehead atoms. The van der Waals surface area contributed by atoms with Gasteiger partial charge in [-0.2, -0.15) is 0 Å². The molecule has 0 radical (unpaired) electrons. The van der Waals surface area contributed by atoms with Gasteiger partial charge in [0.25, 0.3) is 0 Å². The van der Waals surface area contributed by atoms with Crippen LogP contribution in [0.2, 0.25) is 5.02 Å². The summed E-state index contributed by atoms with van der Waals surface area (Å²) in [5.74, 6) is -0.429. The van der Waals surface area contributed by atoms with E-state index < -0.39 is 5.97 Å². The second-order valence-electron chi connectivity index (χ2n) is 4.61. The predicted octanol–water partition coefficient (Wildman–Crippen LogP) is 2.44. The number of amides is 1. The maximum absolute atomic E-state index is 11.8. The quantitative estimate of drug-likeness (QED) is 0.790. The Balaban J connectivity index is 2.76. The van der Waals surface area contributed by atoms with Crippen molar-refractivity contribution in [1.29, 1.82) is 0 Å². The molecule has 0 aromatic heterocycles. The number of benzene rings is 1. The maximum atomic E-state index is 11.8. The van der Waals surface area contributed by atoms with E-state index in [1.807, 2.05) is 6.92 Å². The van der Waals surface area contributed by atoms with Gasteiger partial charge in [-0.05, 0) is 37.1 Å². The van der Waals surface area contributed by atoms with Gasteiger partial charge < -0.3 is 15.8 Å². The summed E-state index contributed by atoms with van der Waals surface area (Å²) in [6.45, 7) is 2.52. The number of ether oxygens (including phenoxy) is 1. The Bertz CT molecular complexity index is 491. The van der Waals surface area contributed by atoms with Crippen LogP contribution in [-0.4, -0.2) is 25.5 Å². The highest BCUT2D eigenvalue weighted by atomic mass is 35.5. The molecule has 0 aliphatic carbocycles. The van der Waals surface area contributed by atoms with E-state index in [1.54, 1.807) is 12.1 Å². The summed E-state index contributed by atoms with van der Waals surface area (Å²) < 4.78 is 4.66. The Morgan fingerprint density at radius 3 is 2.75 bits per heavy atom. The van der Waals surface area contributed by atoms with Crippen molar-refractivity contribution >= 4 is 29.2 Å². The Kier molecular flexibility index (Phi) is 6.48. The van der Waals surface area contributed by atoms with E-state index in [0.717, 1.165) is 0 Å². The lowest BCUT2D eigenvalue weighted by Gasteiger charge is -2.11. The molecule has 6 heteroatoms. The van der Waals surface area contributed by atoms with Crippen molar-refractivity contribution in [3.63, 3.8) is 0 Å². The fourth-order valence-corrected chi connectivity index (χ4v) is 1.78. The molecule has 3 N–H and O–H groups in total. The first kappa shape index (κ1) is 16.5. The molecule has 1 atom stereocenters. The summed E-state index contributed by atoms with van der Waals surface area (Å²) in [6.07, 6.45) is 1.05. The van der Waals surface area contributed by atoms with Crippen molar-refractivity contribution in [3.05, 3.63) is 28.8 Å². The molecule has 5 nitrogen and oxygen atoms in total. The van der Waals surface area contributed by atoms with Crippen molar-refractivity contribution < 1.29 is 14.3 Å². The minimum Gasteiger partial charge on any atom is -0.465 e. The van der Waals surface area contributed by atoms with Crippen molar-refractivity contribution in [2.45, 2.75) is 19.8 Å². The first-order chi connectivity index (χ1) is 9.47. The molecule has 1 unspecified atom stereocenters. The van der Waals surface area contributed by atoms with E-state index in [0.29, 0.717) is 30.1 Å². The average Bonchev–Trinajstić information content (AvgIpc) is 2.45. The Hall–Kier alpha value is -1.59. The van der Waals surface area contributed by atoms with Crippen molar-refractivity contribution in [3.8, 4) is 0 Å². The number of nitrogens with one attached hydrogen (secondary N) is 1. The monoisotopic (exact) mass is 298 g/mol. The number of rotatable bonds is 6. The number of esters is 1. The van der Waals surface area contributed by atoms with Gasteiger partial charge >= 0.3 is 5.97 Å². The Morgan fingerprint density at radius 2 is 2.15 bits per heavy atom. The second kappa shape index (κ2) is 7.87. The Morgan fingerprint density at radius 1 is 1.45 bits per heavy atom. The zero-order valence-electron chi connectivity index (χ0n) is 11.6. The number of hydrogen-bond acceptors (Lipinski definition) is 4. The van der Waals surface area contributed by atoms with Crippen LogP contribution >= 0.6 is 11.6 Å². The van der Waals surface area contributed by atoms with Crippen LogP contribution in [0.4, 0.5) is 5.69 Å². The average molecular weight is 299 g/mol. The van der Waals surface area contributed by atoms with Crippen LogP contribution in [0.15, 0.2) is 18.2 Å². The lowest BCUT2D eigenvalue weighted by molar-refractivity contribution is -0.116. The van der Waals surface area contributed by atoms with E-state index in [9.17, 15) is 9.59 Å². The summed E-state index contributed by atoms with van der Waals surface area (Å²) in [5, 5.41) is 3.10. The molecule has 1 amide bonds. The highest BCUT2D eigenvalue weighted by Crippen LogP contribution is 2.22. The largest absolute Gasteiger partial charge is 0.465 e. The normalized spacial score (nSPS) is 11.8. The van der Waals surface area contributed by atoms with E-state index >= 15 is 0 Å². The fourth-order valence-electron chi connectivity index (χ4n) is 1.61. The standard InChI is InChI=1S/C14H19ClN2O3/c1-9(8-16)3-6-13(18)17-12-5-4-10(15)7-11(12)14(19)20-2/h4-5,7,9H,3,6,8,16H2,1-2H3,(H,17,18). The predicted molar refractivity (Wildman–Crippen MR) is 78.9 cm³/mol. The number of carbonyl (C=O) groups is 2. The number of hydrogen-bond donors (Lipinski definition) is 2. The number of nitrogens with two attached hydrogens (primary N) is 1. The topological polar surface area (TPSA) is 81.4 Å². The van der Waals surface area contributed by atoms with Crippen LogP contribution in [-0.2, 0) is 9.53 Å². The first-order valence-electron chi connectivity index (χ1n) is 6.35. The van der Waals surface area contributed by atoms with Crippen molar-refractivity contribution in [2.24, 2.45) is 11.7 Å². The molecule has 0 heterocycles. The number of anilines is 1. The minimum atomic E-state index is -0.543. The van der Waals surface area contributed by atoms with E-state index in [1.165, 1.54) is 13.2 Å². The molecular weight excluding hydrogens is 280 g/mol. The van der Waals surface area contributed by atoms with Gasteiger partial charge in [0.2, 0.25) is 5.91 Å². The van der Waals surface area contributed by atoms with Gasteiger partial charge in [0.1, 0.15) is 0 Å². The summed E-state index contributed by atoms with van der Waals surface area (Å²) in [5.41, 5.74) is 6.13. The van der Waals surface area contributed by atoms with Gasteiger partial charge in [0.15, 0.2) is 0 Å². The van der Waals surface area contributed by atoms with Gasteiger partial charge in [0.05, 0.1) is 18.4 Å². The Labute approximate surface area is 123 Å². The number of halogens is 1. The molecular formula is C14H19ClN2O3. The van der Waals surface area contributed by atoms with Crippen LogP contribution < -0.4 is 11.1 Å². The molecule has 0 aliphatic heterocycles. The van der Waals surface area contributed by atoms with Crippen LogP contribution in [0.5, 0.6) is 0 Å². The molecule has 0 fully saturated rings. The molecule has 20 heavy (non-hydrogen) atoms. The summed E-state index contributed by atoms with van der Waals surface area (Å²) >= 11 is 5.84. The molecule has 0 spiro atoms. The van der Waals surface area contributed by atoms with Crippen LogP contribution in [0.25, 0.3) is 0 Å². The van der Waals surface area contributed by atoms with Gasteiger partial charge in [0, 0.05) is 11.4 Å². The summed E-state index contributed by atoms with van der Waals surface area (Å²) in [6, 6.07) is 4.65. The van der Waals surface area contributed by atoms with E-state index in [-0.39, 0.29) is 17.4 Å². The molecule has 1 rings (SSSR count). The first-order valence-corrected chi connectivity index (χ1v) is 6.73. The maximum Gasteiger partial charge on any atom is 0.340 e. The second-order valence-corrected chi connectivity index (χ2v) is 5.05. The van der Waals surface area contributed by atoms with Crippen LogP contribution in [0.1, 0.15) is 30.1 Å². The third-order valence-electron chi connectivity index (χ3n) is 2.93. The molecule has 1 aromatic carbocycles. The van der Waals surface area contributed by atoms with Crippen molar-refractivity contribution in [1.82, 2.24) is 0 Å². The zero-order valence-corrected chi connectivity index (χ0v) is 12.4. The smallest absolute Gasteiger partial charge is 0.340 e. The van der Waals surface area contributed by atoms with E-state index in [2.05, 4.69) is 10.1 Å². The summed E-state index contributed by atoms with van der Waals surface area (Å²) in [4.78, 5) is 23.5. The highest BCUT2D eigenvalue weighted by Gasteiger charge is 2.15. The SMILES string of the molecule is COC(=O)c1cc(Cl)ccc1NC(=O)CCC(C)CN. The van der Waals surface area contributed by atoms with Crippen LogP contribution in [0.3, 0.4) is 0 Å². The van der Waals surface area contributed by atoms with Crippen molar-refractivity contribution in [2.75, 3.05) is 19.0 Å².